The molecule has 2 heterocycles. The second-order valence-corrected chi connectivity index (χ2v) is 6.55. The summed E-state index contributed by atoms with van der Waals surface area (Å²) in [4.78, 5) is 17.5. The number of piperidine rings is 1. The van der Waals surface area contributed by atoms with Gasteiger partial charge >= 0.3 is 5.97 Å². The lowest BCUT2D eigenvalue weighted by Gasteiger charge is -2.39. The molecule has 1 aliphatic rings. The average molecular weight is 379 g/mol. The van der Waals surface area contributed by atoms with Crippen molar-refractivity contribution in [3.63, 3.8) is 0 Å². The number of carbonyl (C=O) groups excluding carboxylic acids is 1. The maximum absolute atomic E-state index is 14.6. The first-order valence-electron chi connectivity index (χ1n) is 8.64. The Morgan fingerprint density at radius 2 is 2.26 bits per heavy atom. The number of nitriles is 1. The molecule has 0 N–H and O–H groups in total. The highest BCUT2D eigenvalue weighted by molar-refractivity contribution is 5.92. The summed E-state index contributed by atoms with van der Waals surface area (Å²) in [5, 5.41) is 9.30. The van der Waals surface area contributed by atoms with Gasteiger partial charge in [-0.05, 0) is 31.4 Å². The van der Waals surface area contributed by atoms with Crippen LogP contribution in [0.4, 0.5) is 14.6 Å². The van der Waals surface area contributed by atoms with Crippen molar-refractivity contribution in [2.24, 2.45) is 0 Å². The van der Waals surface area contributed by atoms with Crippen LogP contribution in [0.3, 0.4) is 0 Å². The van der Waals surface area contributed by atoms with Crippen LogP contribution in [0.15, 0.2) is 18.2 Å². The van der Waals surface area contributed by atoms with Gasteiger partial charge in [-0.15, -0.1) is 0 Å². The average Bonchev–Trinajstić information content (AvgIpc) is 2.64. The highest BCUT2D eigenvalue weighted by Crippen LogP contribution is 2.34. The summed E-state index contributed by atoms with van der Waals surface area (Å²) in [6, 6.07) is 3.34. The fourth-order valence-electron chi connectivity index (χ4n) is 2.98. The van der Waals surface area contributed by atoms with E-state index in [0.29, 0.717) is 29.9 Å². The molecule has 0 spiro atoms. The Bertz CT molecular complexity index is 774. The van der Waals surface area contributed by atoms with E-state index in [1.54, 1.807) is 6.92 Å². The number of hydrogen-bond donors (Lipinski definition) is 0. The zero-order valence-corrected chi connectivity index (χ0v) is 15.7. The summed E-state index contributed by atoms with van der Waals surface area (Å²) in [5.41, 5.74) is 1.18. The second-order valence-electron chi connectivity index (χ2n) is 6.55. The van der Waals surface area contributed by atoms with Gasteiger partial charge in [-0.3, -0.25) is 0 Å². The molecule has 1 unspecified atom stereocenters. The van der Waals surface area contributed by atoms with E-state index in [2.05, 4.69) is 16.3 Å². The van der Waals surface area contributed by atoms with Crippen molar-refractivity contribution in [2.45, 2.75) is 38.7 Å². The SMILES string of the molecule is C=C(C)COC1CCN(c2nc(C#N)c(C(=O)OC)cc2CC)CC1(F)F. The van der Waals surface area contributed by atoms with Gasteiger partial charge in [0, 0.05) is 6.54 Å². The molecule has 0 bridgehead atoms. The summed E-state index contributed by atoms with van der Waals surface area (Å²) >= 11 is 0. The maximum atomic E-state index is 14.6. The minimum absolute atomic E-state index is 0.0343. The molecule has 0 saturated carbocycles. The molecule has 0 aliphatic carbocycles. The largest absolute Gasteiger partial charge is 0.465 e. The quantitative estimate of drug-likeness (QED) is 0.558. The van der Waals surface area contributed by atoms with Crippen molar-refractivity contribution >= 4 is 11.8 Å². The Labute approximate surface area is 157 Å². The molecular weight excluding hydrogens is 356 g/mol. The number of anilines is 1. The predicted octanol–water partition coefficient (Wildman–Crippen LogP) is 3.11. The van der Waals surface area contributed by atoms with Crippen molar-refractivity contribution in [3.05, 3.63) is 35.0 Å². The van der Waals surface area contributed by atoms with E-state index in [1.807, 2.05) is 13.0 Å². The molecule has 0 aromatic carbocycles. The smallest absolute Gasteiger partial charge is 0.340 e. The number of hydrogen-bond acceptors (Lipinski definition) is 6. The van der Waals surface area contributed by atoms with E-state index in [0.717, 1.165) is 0 Å². The lowest BCUT2D eigenvalue weighted by atomic mass is 10.0. The van der Waals surface area contributed by atoms with E-state index < -0.39 is 24.5 Å². The first-order chi connectivity index (χ1) is 12.7. The standard InChI is InChI=1S/C19H23F2N3O3/c1-5-13-8-14(18(25)26-4)15(9-22)23-17(13)24-7-6-16(19(20,21)11-24)27-10-12(2)3/h8,16H,2,5-7,10-11H2,1,3-4H3. The molecule has 8 heteroatoms. The number of aromatic nitrogens is 1. The minimum atomic E-state index is -3.08. The van der Waals surface area contributed by atoms with E-state index in [1.165, 1.54) is 18.1 Å². The zero-order chi connectivity index (χ0) is 20.2. The van der Waals surface area contributed by atoms with Gasteiger partial charge in [-0.1, -0.05) is 19.1 Å². The zero-order valence-electron chi connectivity index (χ0n) is 15.7. The molecule has 0 radical (unpaired) electrons. The third-order valence-electron chi connectivity index (χ3n) is 4.34. The summed E-state index contributed by atoms with van der Waals surface area (Å²) in [5.74, 6) is -3.47. The lowest BCUT2D eigenvalue weighted by molar-refractivity contribution is -0.138. The third kappa shape index (κ3) is 4.61. The first-order valence-corrected chi connectivity index (χ1v) is 8.64. The lowest BCUT2D eigenvalue weighted by Crippen LogP contribution is -2.53. The fraction of sp³-hybridized carbons (Fsp3) is 0.526. The van der Waals surface area contributed by atoms with Gasteiger partial charge in [0.05, 0.1) is 25.8 Å². The van der Waals surface area contributed by atoms with Crippen LogP contribution >= 0.6 is 0 Å². The highest BCUT2D eigenvalue weighted by atomic mass is 19.3. The highest BCUT2D eigenvalue weighted by Gasteiger charge is 2.46. The Balaban J connectivity index is 2.32. The van der Waals surface area contributed by atoms with Gasteiger partial charge < -0.3 is 14.4 Å². The summed E-state index contributed by atoms with van der Waals surface area (Å²) < 4.78 is 39.1. The van der Waals surface area contributed by atoms with Crippen molar-refractivity contribution < 1.29 is 23.0 Å². The number of esters is 1. The van der Waals surface area contributed by atoms with Crippen molar-refractivity contribution in [1.82, 2.24) is 4.98 Å². The topological polar surface area (TPSA) is 75.5 Å². The molecule has 1 fully saturated rings. The number of methoxy groups -OCH3 is 1. The van der Waals surface area contributed by atoms with E-state index in [9.17, 15) is 18.8 Å². The van der Waals surface area contributed by atoms with Crippen LogP contribution in [-0.2, 0) is 15.9 Å². The van der Waals surface area contributed by atoms with Crippen LogP contribution in [0.1, 0.15) is 41.9 Å². The number of alkyl halides is 2. The van der Waals surface area contributed by atoms with Gasteiger partial charge in [0.15, 0.2) is 5.69 Å². The van der Waals surface area contributed by atoms with E-state index >= 15 is 0 Å². The van der Waals surface area contributed by atoms with Crippen molar-refractivity contribution in [1.29, 1.82) is 5.26 Å². The van der Waals surface area contributed by atoms with E-state index in [4.69, 9.17) is 4.74 Å². The van der Waals surface area contributed by atoms with Gasteiger partial charge in [-0.25, -0.2) is 18.6 Å². The normalized spacial score (nSPS) is 18.7. The van der Waals surface area contributed by atoms with Crippen LogP contribution in [0.5, 0.6) is 0 Å². The Kier molecular flexibility index (Phi) is 6.50. The molecule has 1 aromatic heterocycles. The number of nitrogens with zero attached hydrogens (tertiary/aromatic N) is 3. The molecule has 6 nitrogen and oxygen atoms in total. The maximum Gasteiger partial charge on any atom is 0.340 e. The van der Waals surface area contributed by atoms with Crippen LogP contribution < -0.4 is 4.90 Å². The molecular formula is C19H23F2N3O3. The van der Waals surface area contributed by atoms with Crippen LogP contribution in [-0.4, -0.2) is 49.8 Å². The first kappa shape index (κ1) is 20.8. The Morgan fingerprint density at radius 3 is 2.78 bits per heavy atom. The molecule has 1 atom stereocenters. The minimum Gasteiger partial charge on any atom is -0.465 e. The molecule has 146 valence electrons. The van der Waals surface area contributed by atoms with Gasteiger partial charge in [0.2, 0.25) is 0 Å². The molecule has 27 heavy (non-hydrogen) atoms. The van der Waals surface area contributed by atoms with Crippen molar-refractivity contribution in [2.75, 3.05) is 31.7 Å². The van der Waals surface area contributed by atoms with Crippen LogP contribution in [0, 0.1) is 11.3 Å². The van der Waals surface area contributed by atoms with Crippen molar-refractivity contribution in [3.8, 4) is 6.07 Å². The summed E-state index contributed by atoms with van der Waals surface area (Å²) in [6.07, 6.45) is -0.609. The van der Waals surface area contributed by atoms with Gasteiger partial charge in [-0.2, -0.15) is 5.26 Å². The number of aryl methyl sites for hydroxylation is 1. The Hall–Kier alpha value is -2.53. The number of halogens is 2. The van der Waals surface area contributed by atoms with Crippen LogP contribution in [0.2, 0.25) is 0 Å². The van der Waals surface area contributed by atoms with E-state index in [-0.39, 0.29) is 24.3 Å². The third-order valence-corrected chi connectivity index (χ3v) is 4.34. The predicted molar refractivity (Wildman–Crippen MR) is 96.0 cm³/mol. The number of ether oxygens (including phenoxy) is 2. The van der Waals surface area contributed by atoms with Crippen LogP contribution in [0.25, 0.3) is 0 Å². The number of rotatable bonds is 6. The molecule has 1 aliphatic heterocycles. The second kappa shape index (κ2) is 8.44. The molecule has 1 saturated heterocycles. The van der Waals surface area contributed by atoms with Gasteiger partial charge in [0.25, 0.3) is 5.92 Å². The monoisotopic (exact) mass is 379 g/mol. The number of pyridine rings is 1. The number of carbonyl (C=O) groups is 1. The summed E-state index contributed by atoms with van der Waals surface area (Å²) in [7, 11) is 1.21. The molecule has 2 rings (SSSR count). The van der Waals surface area contributed by atoms with Gasteiger partial charge in [0.1, 0.15) is 18.0 Å². The fourth-order valence-corrected chi connectivity index (χ4v) is 2.98. The summed E-state index contributed by atoms with van der Waals surface area (Å²) in [6.45, 7) is 7.03. The molecule has 0 amide bonds. The Morgan fingerprint density at radius 1 is 1.56 bits per heavy atom. The molecule has 1 aromatic rings.